The largest absolute Gasteiger partial charge is 0.493 e. The third-order valence-electron chi connectivity index (χ3n) is 7.62. The summed E-state index contributed by atoms with van der Waals surface area (Å²) in [4.78, 5) is 11.0. The molecule has 3 nitrogen and oxygen atoms in total. The van der Waals surface area contributed by atoms with Crippen LogP contribution in [-0.2, 0) is 16.0 Å². The van der Waals surface area contributed by atoms with Gasteiger partial charge in [-0.3, -0.25) is 0 Å². The van der Waals surface area contributed by atoms with Gasteiger partial charge < -0.3 is 9.47 Å². The number of ether oxygens (including phenoxy) is 2. The fourth-order valence-electron chi connectivity index (χ4n) is 4.96. The highest BCUT2D eigenvalue weighted by atomic mass is 16.5. The maximum atomic E-state index is 11.0. The number of carbonyl (C=O) groups is 1. The van der Waals surface area contributed by atoms with Gasteiger partial charge >= 0.3 is 5.97 Å². The molecule has 0 aliphatic heterocycles. The highest BCUT2D eigenvalue weighted by molar-refractivity contribution is 5.81. The molecule has 0 bridgehead atoms. The molecule has 2 aromatic carbocycles. The Hall–Kier alpha value is -2.55. The van der Waals surface area contributed by atoms with Gasteiger partial charge in [0.15, 0.2) is 0 Å². The second kappa shape index (κ2) is 21.3. The zero-order valence-electron chi connectivity index (χ0n) is 24.9. The van der Waals surface area contributed by atoms with Gasteiger partial charge in [-0.2, -0.15) is 0 Å². The molecule has 1 atom stereocenters. The summed E-state index contributed by atoms with van der Waals surface area (Å²) < 4.78 is 11.4. The number of carbonyl (C=O) groups excluding carboxylic acids is 1. The average Bonchev–Trinajstić information content (AvgIpc) is 2.96. The molecule has 39 heavy (non-hydrogen) atoms. The number of benzene rings is 2. The standard InChI is InChI=1S/C36H54O3/c1-4-31(3)29-32-25-26-34(33-23-19-18-20-24-33)35(30-32)38-27-21-16-14-12-10-8-6-7-9-11-13-15-17-22-28-39-36(37)5-2/h5,18-20,23-26,30-31H,2,4,6-17,21-22,27-29H2,1,3H3. The van der Waals surface area contributed by atoms with Crippen LogP contribution in [0.15, 0.2) is 61.2 Å². The van der Waals surface area contributed by atoms with Gasteiger partial charge in [0.05, 0.1) is 13.2 Å². The number of esters is 1. The monoisotopic (exact) mass is 534 g/mol. The minimum Gasteiger partial charge on any atom is -0.493 e. The fraction of sp³-hybridized carbons (Fsp3) is 0.583. The SMILES string of the molecule is C=CC(=O)OCCCCCCCCCCCCCCCCOc1cc(CC(C)CC)ccc1-c1ccccc1. The van der Waals surface area contributed by atoms with E-state index in [2.05, 4.69) is 69.0 Å². The molecule has 2 aromatic rings. The van der Waals surface area contributed by atoms with Gasteiger partial charge in [-0.15, -0.1) is 0 Å². The summed E-state index contributed by atoms with van der Waals surface area (Å²) in [5.41, 5.74) is 3.81. The highest BCUT2D eigenvalue weighted by Gasteiger charge is 2.10. The van der Waals surface area contributed by atoms with E-state index in [1.54, 1.807) is 0 Å². The van der Waals surface area contributed by atoms with Crippen molar-refractivity contribution in [3.05, 3.63) is 66.7 Å². The van der Waals surface area contributed by atoms with Crippen molar-refractivity contribution in [1.82, 2.24) is 0 Å². The summed E-state index contributed by atoms with van der Waals surface area (Å²) >= 11 is 0. The lowest BCUT2D eigenvalue weighted by atomic mass is 9.96. The Balaban J connectivity index is 1.50. The van der Waals surface area contributed by atoms with Crippen molar-refractivity contribution in [2.75, 3.05) is 13.2 Å². The first-order valence-electron chi connectivity index (χ1n) is 15.7. The van der Waals surface area contributed by atoms with Crippen LogP contribution in [0.3, 0.4) is 0 Å². The van der Waals surface area contributed by atoms with Gasteiger partial charge in [-0.25, -0.2) is 4.79 Å². The third kappa shape index (κ3) is 15.0. The first-order valence-corrected chi connectivity index (χ1v) is 15.7. The van der Waals surface area contributed by atoms with Crippen LogP contribution in [-0.4, -0.2) is 19.2 Å². The average molecular weight is 535 g/mol. The number of hydrogen-bond donors (Lipinski definition) is 0. The zero-order valence-corrected chi connectivity index (χ0v) is 24.9. The second-order valence-electron chi connectivity index (χ2n) is 11.1. The minimum absolute atomic E-state index is 0.310. The van der Waals surface area contributed by atoms with Crippen molar-refractivity contribution in [2.45, 2.75) is 117 Å². The Morgan fingerprint density at radius 2 is 1.31 bits per heavy atom. The van der Waals surface area contributed by atoms with E-state index in [1.807, 2.05) is 0 Å². The molecule has 0 N–H and O–H groups in total. The summed E-state index contributed by atoms with van der Waals surface area (Å²) in [6.07, 6.45) is 21.4. The molecule has 0 fully saturated rings. The van der Waals surface area contributed by atoms with Crippen LogP contribution in [0.2, 0.25) is 0 Å². The smallest absolute Gasteiger partial charge is 0.330 e. The first kappa shape index (κ1) is 32.7. The van der Waals surface area contributed by atoms with E-state index in [4.69, 9.17) is 9.47 Å². The van der Waals surface area contributed by atoms with E-state index in [9.17, 15) is 4.79 Å². The van der Waals surface area contributed by atoms with Crippen molar-refractivity contribution < 1.29 is 14.3 Å². The Labute approximate surface area is 239 Å². The van der Waals surface area contributed by atoms with Gasteiger partial charge in [-0.1, -0.05) is 146 Å². The Bertz CT molecular complexity index is 905. The van der Waals surface area contributed by atoms with E-state index < -0.39 is 0 Å². The number of rotatable bonds is 23. The summed E-state index contributed by atoms with van der Waals surface area (Å²) in [5, 5.41) is 0. The van der Waals surface area contributed by atoms with E-state index in [0.29, 0.717) is 12.5 Å². The van der Waals surface area contributed by atoms with Crippen LogP contribution >= 0.6 is 0 Å². The van der Waals surface area contributed by atoms with Crippen LogP contribution < -0.4 is 4.74 Å². The molecule has 0 aliphatic carbocycles. The summed E-state index contributed by atoms with van der Waals surface area (Å²) in [5.74, 6) is 1.42. The quantitative estimate of drug-likeness (QED) is 0.0808. The van der Waals surface area contributed by atoms with Gasteiger partial charge in [0.2, 0.25) is 0 Å². The molecular formula is C36H54O3. The molecule has 0 spiro atoms. The normalized spacial score (nSPS) is 11.7. The van der Waals surface area contributed by atoms with Crippen molar-refractivity contribution in [3.63, 3.8) is 0 Å². The molecule has 0 amide bonds. The molecule has 2 rings (SSSR count). The van der Waals surface area contributed by atoms with Crippen molar-refractivity contribution in [3.8, 4) is 16.9 Å². The molecule has 3 heteroatoms. The fourth-order valence-corrected chi connectivity index (χ4v) is 4.96. The second-order valence-corrected chi connectivity index (χ2v) is 11.1. The molecule has 0 heterocycles. The van der Waals surface area contributed by atoms with Gasteiger partial charge in [-0.05, 0) is 42.4 Å². The lowest BCUT2D eigenvalue weighted by Crippen LogP contribution is -2.02. The van der Waals surface area contributed by atoms with Crippen molar-refractivity contribution in [2.24, 2.45) is 5.92 Å². The van der Waals surface area contributed by atoms with Gasteiger partial charge in [0.25, 0.3) is 0 Å². The summed E-state index contributed by atoms with van der Waals surface area (Å²) in [6.45, 7) is 9.32. The van der Waals surface area contributed by atoms with Crippen LogP contribution in [0.25, 0.3) is 11.1 Å². The molecule has 216 valence electrons. The van der Waals surface area contributed by atoms with E-state index >= 15 is 0 Å². The predicted molar refractivity (Wildman–Crippen MR) is 166 cm³/mol. The first-order chi connectivity index (χ1) is 19.1. The molecular weight excluding hydrogens is 480 g/mol. The molecule has 0 radical (unpaired) electrons. The minimum atomic E-state index is -0.310. The lowest BCUT2D eigenvalue weighted by Gasteiger charge is -2.15. The maximum absolute atomic E-state index is 11.0. The Kier molecular flexibility index (Phi) is 17.8. The molecule has 0 saturated carbocycles. The van der Waals surface area contributed by atoms with Crippen LogP contribution in [0.4, 0.5) is 0 Å². The van der Waals surface area contributed by atoms with E-state index in [0.717, 1.165) is 38.0 Å². The van der Waals surface area contributed by atoms with Gasteiger partial charge in [0.1, 0.15) is 5.75 Å². The van der Waals surface area contributed by atoms with Crippen LogP contribution in [0.1, 0.15) is 116 Å². The summed E-state index contributed by atoms with van der Waals surface area (Å²) in [6, 6.07) is 17.4. The molecule has 0 saturated heterocycles. The topological polar surface area (TPSA) is 35.5 Å². The van der Waals surface area contributed by atoms with Gasteiger partial charge in [0, 0.05) is 11.6 Å². The molecule has 0 aromatic heterocycles. The maximum Gasteiger partial charge on any atom is 0.330 e. The van der Waals surface area contributed by atoms with Crippen molar-refractivity contribution >= 4 is 5.97 Å². The molecule has 0 aliphatic rings. The highest BCUT2D eigenvalue weighted by Crippen LogP contribution is 2.32. The number of hydrogen-bond acceptors (Lipinski definition) is 3. The van der Waals surface area contributed by atoms with Crippen molar-refractivity contribution in [1.29, 1.82) is 0 Å². The summed E-state index contributed by atoms with van der Waals surface area (Å²) in [7, 11) is 0. The number of unbranched alkanes of at least 4 members (excludes halogenated alkanes) is 13. The Morgan fingerprint density at radius 1 is 0.769 bits per heavy atom. The lowest BCUT2D eigenvalue weighted by molar-refractivity contribution is -0.137. The Morgan fingerprint density at radius 3 is 1.85 bits per heavy atom. The van der Waals surface area contributed by atoms with E-state index in [1.165, 1.54) is 99.8 Å². The zero-order chi connectivity index (χ0) is 28.0. The van der Waals surface area contributed by atoms with E-state index in [-0.39, 0.29) is 5.97 Å². The predicted octanol–water partition coefficient (Wildman–Crippen LogP) is 10.5. The molecule has 1 unspecified atom stereocenters. The van der Waals surface area contributed by atoms with Crippen LogP contribution in [0.5, 0.6) is 5.75 Å². The van der Waals surface area contributed by atoms with Crippen LogP contribution in [0, 0.1) is 5.92 Å². The third-order valence-corrected chi connectivity index (χ3v) is 7.62.